The number of rotatable bonds is 2. The third-order valence-corrected chi connectivity index (χ3v) is 4.58. The van der Waals surface area contributed by atoms with Gasteiger partial charge in [0.25, 0.3) is 0 Å². The van der Waals surface area contributed by atoms with Crippen LogP contribution in [0, 0.1) is 0 Å². The number of nitrogens with two attached hydrogens (primary N) is 1. The van der Waals surface area contributed by atoms with E-state index in [2.05, 4.69) is 4.98 Å². The summed E-state index contributed by atoms with van der Waals surface area (Å²) in [6, 6.07) is 3.26. The lowest BCUT2D eigenvalue weighted by Gasteiger charge is -2.48. The molecule has 0 bridgehead atoms. The van der Waals surface area contributed by atoms with E-state index < -0.39 is 18.1 Å². The molecule has 0 spiro atoms. The van der Waals surface area contributed by atoms with E-state index in [9.17, 15) is 13.2 Å². The first kappa shape index (κ1) is 15.3. The summed E-state index contributed by atoms with van der Waals surface area (Å²) in [7, 11) is 1.74. The molecule has 0 radical (unpaired) electrons. The van der Waals surface area contributed by atoms with Gasteiger partial charge in [0.2, 0.25) is 0 Å². The minimum atomic E-state index is -4.27. The summed E-state index contributed by atoms with van der Waals surface area (Å²) in [5, 5.41) is 0. The Morgan fingerprint density at radius 1 is 1.41 bits per heavy atom. The highest BCUT2D eigenvalue weighted by Crippen LogP contribution is 2.45. The van der Waals surface area contributed by atoms with Gasteiger partial charge in [0.15, 0.2) is 0 Å². The molecule has 0 aromatic carbocycles. The van der Waals surface area contributed by atoms with Crippen molar-refractivity contribution in [2.75, 3.05) is 13.6 Å². The molecule has 3 rings (SSSR count). The molecule has 2 aromatic heterocycles. The monoisotopic (exact) mass is 312 g/mol. The van der Waals surface area contributed by atoms with Crippen LogP contribution >= 0.6 is 0 Å². The minimum absolute atomic E-state index is 0.242. The Balaban J connectivity index is 2.18. The third kappa shape index (κ3) is 2.59. The Labute approximate surface area is 126 Å². The van der Waals surface area contributed by atoms with Crippen molar-refractivity contribution in [3.8, 4) is 0 Å². The fourth-order valence-electron chi connectivity index (χ4n) is 3.53. The number of aromatic nitrogens is 2. The van der Waals surface area contributed by atoms with Crippen molar-refractivity contribution in [1.82, 2.24) is 14.3 Å². The highest BCUT2D eigenvalue weighted by Gasteiger charge is 2.49. The van der Waals surface area contributed by atoms with E-state index in [1.165, 1.54) is 0 Å². The molecular formula is C15H19F3N4. The predicted octanol–water partition coefficient (Wildman–Crippen LogP) is 2.53. The van der Waals surface area contributed by atoms with Crippen LogP contribution in [-0.4, -0.2) is 40.1 Å². The van der Waals surface area contributed by atoms with Gasteiger partial charge in [-0.15, -0.1) is 0 Å². The molecule has 0 aliphatic carbocycles. The van der Waals surface area contributed by atoms with Crippen molar-refractivity contribution in [3.05, 3.63) is 36.3 Å². The van der Waals surface area contributed by atoms with Crippen LogP contribution < -0.4 is 5.73 Å². The number of halogens is 3. The lowest BCUT2D eigenvalue weighted by Crippen LogP contribution is -2.55. The van der Waals surface area contributed by atoms with Crippen molar-refractivity contribution in [3.63, 3.8) is 0 Å². The number of alkyl halides is 3. The van der Waals surface area contributed by atoms with Gasteiger partial charge in [0.05, 0.1) is 12.0 Å². The van der Waals surface area contributed by atoms with Gasteiger partial charge in [0, 0.05) is 36.7 Å². The zero-order valence-corrected chi connectivity index (χ0v) is 12.3. The second-order valence-corrected chi connectivity index (χ2v) is 6.08. The van der Waals surface area contributed by atoms with Gasteiger partial charge in [0.1, 0.15) is 5.65 Å². The number of fused-ring (bicyclic) bond motifs is 1. The number of likely N-dealkylation sites (tertiary alicyclic amines) is 1. The second-order valence-electron chi connectivity index (χ2n) is 6.08. The molecule has 3 heterocycles. The quantitative estimate of drug-likeness (QED) is 0.927. The van der Waals surface area contributed by atoms with Crippen molar-refractivity contribution >= 4 is 5.65 Å². The van der Waals surface area contributed by atoms with E-state index in [1.807, 2.05) is 0 Å². The van der Waals surface area contributed by atoms with Gasteiger partial charge < -0.3 is 10.1 Å². The smallest absolute Gasteiger partial charge is 0.328 e. The zero-order chi connectivity index (χ0) is 16.0. The zero-order valence-electron chi connectivity index (χ0n) is 12.3. The highest BCUT2D eigenvalue weighted by atomic mass is 19.4. The molecule has 1 saturated heterocycles. The molecule has 2 aromatic rings. The van der Waals surface area contributed by atoms with Gasteiger partial charge >= 0.3 is 6.18 Å². The Morgan fingerprint density at radius 2 is 2.18 bits per heavy atom. The summed E-state index contributed by atoms with van der Waals surface area (Å²) in [4.78, 5) is 6.04. The second kappa shape index (κ2) is 5.24. The Hall–Kier alpha value is -1.60. The number of hydrogen-bond donors (Lipinski definition) is 1. The topological polar surface area (TPSA) is 46.6 Å². The SMILES string of the molecule is CN1CCC(N)CC1(CC(F)(F)F)c1cccn2ccnc12. The summed E-state index contributed by atoms with van der Waals surface area (Å²) in [6.07, 6.45) is 0.909. The van der Waals surface area contributed by atoms with E-state index >= 15 is 0 Å². The normalized spacial score (nSPS) is 27.4. The van der Waals surface area contributed by atoms with Crippen LogP contribution in [0.3, 0.4) is 0 Å². The summed E-state index contributed by atoms with van der Waals surface area (Å²) in [5.74, 6) is 0. The molecule has 2 N–H and O–H groups in total. The van der Waals surface area contributed by atoms with Crippen LogP contribution in [0.15, 0.2) is 30.7 Å². The van der Waals surface area contributed by atoms with Crippen LogP contribution in [0.4, 0.5) is 13.2 Å². The Bertz CT molecular complexity index is 666. The van der Waals surface area contributed by atoms with E-state index in [4.69, 9.17) is 5.73 Å². The van der Waals surface area contributed by atoms with Crippen LogP contribution in [0.1, 0.15) is 24.8 Å². The van der Waals surface area contributed by atoms with Crippen LogP contribution in [-0.2, 0) is 5.54 Å². The molecule has 0 amide bonds. The van der Waals surface area contributed by atoms with Gasteiger partial charge in [-0.2, -0.15) is 13.2 Å². The highest BCUT2D eigenvalue weighted by molar-refractivity contribution is 5.52. The van der Waals surface area contributed by atoms with E-state index in [0.717, 1.165) is 0 Å². The van der Waals surface area contributed by atoms with Crippen LogP contribution in [0.5, 0.6) is 0 Å². The van der Waals surface area contributed by atoms with E-state index in [-0.39, 0.29) is 12.5 Å². The maximum atomic E-state index is 13.3. The molecule has 1 aliphatic heterocycles. The molecule has 22 heavy (non-hydrogen) atoms. The average molecular weight is 312 g/mol. The summed E-state index contributed by atoms with van der Waals surface area (Å²) >= 11 is 0. The summed E-state index contributed by atoms with van der Waals surface area (Å²) in [5.41, 5.74) is 6.02. The third-order valence-electron chi connectivity index (χ3n) is 4.58. The van der Waals surface area contributed by atoms with Crippen molar-refractivity contribution in [2.45, 2.75) is 37.0 Å². The number of hydrogen-bond acceptors (Lipinski definition) is 3. The largest absolute Gasteiger partial charge is 0.391 e. The van der Waals surface area contributed by atoms with Gasteiger partial charge in [-0.3, -0.25) is 4.90 Å². The molecule has 7 heteroatoms. The number of nitrogens with zero attached hydrogens (tertiary/aromatic N) is 3. The lowest BCUT2D eigenvalue weighted by atomic mass is 9.76. The average Bonchev–Trinajstić information content (AvgIpc) is 2.89. The van der Waals surface area contributed by atoms with Crippen LogP contribution in [0.2, 0.25) is 0 Å². The summed E-state index contributed by atoms with van der Waals surface area (Å²) in [6.45, 7) is 0.541. The summed E-state index contributed by atoms with van der Waals surface area (Å²) < 4.78 is 41.7. The van der Waals surface area contributed by atoms with E-state index in [0.29, 0.717) is 24.2 Å². The number of piperidine rings is 1. The standard InChI is InChI=1S/C15H19F3N4/c1-21-7-4-11(19)9-14(21,10-15(16,17)18)12-3-2-6-22-8-5-20-13(12)22/h2-3,5-6,8,11H,4,7,9-10,19H2,1H3. The van der Waals surface area contributed by atoms with E-state index in [1.54, 1.807) is 47.1 Å². The van der Waals surface area contributed by atoms with Crippen LogP contribution in [0.25, 0.3) is 5.65 Å². The lowest BCUT2D eigenvalue weighted by molar-refractivity contribution is -0.169. The maximum Gasteiger partial charge on any atom is 0.391 e. The molecule has 1 fully saturated rings. The number of pyridine rings is 1. The Morgan fingerprint density at radius 3 is 2.91 bits per heavy atom. The maximum absolute atomic E-state index is 13.3. The molecule has 0 saturated carbocycles. The fourth-order valence-corrected chi connectivity index (χ4v) is 3.53. The number of imidazole rings is 1. The first-order valence-corrected chi connectivity index (χ1v) is 7.27. The molecule has 2 atom stereocenters. The molecule has 120 valence electrons. The molecular weight excluding hydrogens is 293 g/mol. The van der Waals surface area contributed by atoms with Gasteiger partial charge in [-0.05, 0) is 26.0 Å². The minimum Gasteiger partial charge on any atom is -0.328 e. The predicted molar refractivity (Wildman–Crippen MR) is 77.4 cm³/mol. The molecule has 2 unspecified atom stereocenters. The van der Waals surface area contributed by atoms with Crippen molar-refractivity contribution < 1.29 is 13.2 Å². The van der Waals surface area contributed by atoms with Gasteiger partial charge in [-0.25, -0.2) is 4.98 Å². The fraction of sp³-hybridized carbons (Fsp3) is 0.533. The van der Waals surface area contributed by atoms with Gasteiger partial charge in [-0.1, -0.05) is 6.07 Å². The van der Waals surface area contributed by atoms with Crippen molar-refractivity contribution in [1.29, 1.82) is 0 Å². The molecule has 1 aliphatic rings. The molecule has 4 nitrogen and oxygen atoms in total. The Kier molecular flexibility index (Phi) is 3.65. The first-order chi connectivity index (χ1) is 10.3. The van der Waals surface area contributed by atoms with Crippen molar-refractivity contribution in [2.24, 2.45) is 5.73 Å². The first-order valence-electron chi connectivity index (χ1n) is 7.27.